The van der Waals surface area contributed by atoms with Crippen LogP contribution >= 0.6 is 0 Å². The summed E-state index contributed by atoms with van der Waals surface area (Å²) in [5.41, 5.74) is 1.81. The quantitative estimate of drug-likeness (QED) is 0.748. The first-order chi connectivity index (χ1) is 13.4. The highest BCUT2D eigenvalue weighted by Crippen LogP contribution is 2.26. The monoisotopic (exact) mass is 387 g/mol. The van der Waals surface area contributed by atoms with Crippen LogP contribution in [0.25, 0.3) is 0 Å². The molecule has 1 aliphatic carbocycles. The minimum Gasteiger partial charge on any atom is -0.455 e. The number of urea groups is 1. The number of imide groups is 1. The number of aryl methyl sites for hydroxylation is 1. The number of rotatable bonds is 5. The highest BCUT2D eigenvalue weighted by atomic mass is 16.5. The van der Waals surface area contributed by atoms with Gasteiger partial charge in [0.1, 0.15) is 0 Å². The van der Waals surface area contributed by atoms with Crippen LogP contribution in [-0.4, -0.2) is 43.0 Å². The number of carbonyl (C=O) groups excluding carboxylic acids is 4. The van der Waals surface area contributed by atoms with Gasteiger partial charge in [-0.3, -0.25) is 19.7 Å². The molecule has 4 amide bonds. The summed E-state index contributed by atoms with van der Waals surface area (Å²) in [7, 11) is 0. The van der Waals surface area contributed by atoms with Gasteiger partial charge in [0.2, 0.25) is 5.91 Å². The van der Waals surface area contributed by atoms with Crippen LogP contribution in [0.5, 0.6) is 0 Å². The summed E-state index contributed by atoms with van der Waals surface area (Å²) in [6, 6.07) is 6.97. The van der Waals surface area contributed by atoms with Crippen molar-refractivity contribution in [2.45, 2.75) is 45.1 Å². The minimum atomic E-state index is -0.691. The van der Waals surface area contributed by atoms with E-state index >= 15 is 0 Å². The van der Waals surface area contributed by atoms with E-state index in [0.717, 1.165) is 36.9 Å². The van der Waals surface area contributed by atoms with E-state index in [4.69, 9.17) is 4.74 Å². The van der Waals surface area contributed by atoms with Crippen LogP contribution in [0.4, 0.5) is 10.5 Å². The Morgan fingerprint density at radius 3 is 2.50 bits per heavy atom. The Labute approximate surface area is 163 Å². The lowest BCUT2D eigenvalue weighted by atomic mass is 10.1. The molecule has 150 valence electrons. The number of hydrogen-bond donors (Lipinski definition) is 2. The molecule has 1 aliphatic heterocycles. The van der Waals surface area contributed by atoms with Crippen molar-refractivity contribution in [3.05, 3.63) is 29.8 Å². The molecule has 0 spiro atoms. The average Bonchev–Trinajstić information content (AvgIpc) is 3.30. The number of anilines is 1. The lowest BCUT2D eigenvalue weighted by Gasteiger charge is -2.16. The van der Waals surface area contributed by atoms with E-state index in [1.807, 2.05) is 31.2 Å². The Morgan fingerprint density at radius 1 is 1.14 bits per heavy atom. The maximum atomic E-state index is 12.2. The first-order valence-corrected chi connectivity index (χ1v) is 9.56. The molecule has 1 atom stereocenters. The number of nitrogens with one attached hydrogen (secondary N) is 2. The average molecular weight is 387 g/mol. The highest BCUT2D eigenvalue weighted by Gasteiger charge is 2.36. The molecule has 8 nitrogen and oxygen atoms in total. The molecule has 1 heterocycles. The van der Waals surface area contributed by atoms with E-state index in [1.165, 1.54) is 0 Å². The molecule has 28 heavy (non-hydrogen) atoms. The molecule has 0 bridgehead atoms. The van der Waals surface area contributed by atoms with Crippen LogP contribution in [0, 0.1) is 12.8 Å². The predicted octanol–water partition coefficient (Wildman–Crippen LogP) is 1.66. The molecular formula is C20H25N3O5. The van der Waals surface area contributed by atoms with Crippen LogP contribution in [0.1, 0.15) is 37.7 Å². The number of hydrogen-bond acceptors (Lipinski definition) is 5. The van der Waals surface area contributed by atoms with Crippen molar-refractivity contribution in [3.8, 4) is 0 Å². The van der Waals surface area contributed by atoms with E-state index in [0.29, 0.717) is 0 Å². The lowest BCUT2D eigenvalue weighted by Crippen LogP contribution is -2.45. The largest absolute Gasteiger partial charge is 0.455 e. The van der Waals surface area contributed by atoms with Crippen molar-refractivity contribution in [2.75, 3.05) is 18.1 Å². The molecule has 2 N–H and O–H groups in total. The predicted molar refractivity (Wildman–Crippen MR) is 102 cm³/mol. The third kappa shape index (κ3) is 5.09. The fourth-order valence-electron chi connectivity index (χ4n) is 3.55. The molecule has 2 fully saturated rings. The van der Waals surface area contributed by atoms with Crippen molar-refractivity contribution in [3.63, 3.8) is 0 Å². The van der Waals surface area contributed by atoms with Gasteiger partial charge in [0.25, 0.3) is 5.91 Å². The van der Waals surface area contributed by atoms with Gasteiger partial charge in [-0.2, -0.15) is 0 Å². The van der Waals surface area contributed by atoms with Gasteiger partial charge in [0.15, 0.2) is 6.61 Å². The van der Waals surface area contributed by atoms with Gasteiger partial charge in [-0.25, -0.2) is 4.79 Å². The molecule has 1 saturated heterocycles. The van der Waals surface area contributed by atoms with Gasteiger partial charge < -0.3 is 15.0 Å². The van der Waals surface area contributed by atoms with Crippen molar-refractivity contribution in [1.82, 2.24) is 10.6 Å². The van der Waals surface area contributed by atoms with E-state index in [9.17, 15) is 19.2 Å². The maximum absolute atomic E-state index is 12.2. The number of ether oxygens (including phenoxy) is 1. The summed E-state index contributed by atoms with van der Waals surface area (Å²) >= 11 is 0. The second kappa shape index (κ2) is 8.86. The first kappa shape index (κ1) is 19.9. The van der Waals surface area contributed by atoms with E-state index < -0.39 is 30.4 Å². The van der Waals surface area contributed by atoms with E-state index in [2.05, 4.69) is 10.6 Å². The van der Waals surface area contributed by atoms with Gasteiger partial charge >= 0.3 is 12.0 Å². The van der Waals surface area contributed by atoms with Gasteiger partial charge in [-0.1, -0.05) is 30.5 Å². The van der Waals surface area contributed by atoms with Crippen molar-refractivity contribution < 1.29 is 23.9 Å². The Bertz CT molecular complexity index is 756. The van der Waals surface area contributed by atoms with Gasteiger partial charge in [0.05, 0.1) is 5.92 Å². The second-order valence-electron chi connectivity index (χ2n) is 7.35. The lowest BCUT2D eigenvalue weighted by molar-refractivity contribution is -0.152. The van der Waals surface area contributed by atoms with E-state index in [1.54, 1.807) is 4.90 Å². The minimum absolute atomic E-state index is 0.0382. The van der Waals surface area contributed by atoms with Crippen LogP contribution in [-0.2, 0) is 19.1 Å². The van der Waals surface area contributed by atoms with Crippen LogP contribution in [0.15, 0.2) is 24.3 Å². The number of amides is 4. The molecular weight excluding hydrogens is 362 g/mol. The summed E-state index contributed by atoms with van der Waals surface area (Å²) in [5.74, 6) is -2.10. The van der Waals surface area contributed by atoms with Crippen molar-refractivity contribution >= 4 is 29.5 Å². The van der Waals surface area contributed by atoms with Gasteiger partial charge in [-0.05, 0) is 31.9 Å². The third-order valence-electron chi connectivity index (χ3n) is 5.09. The molecule has 1 aromatic rings. The molecule has 3 rings (SSSR count). The Kier molecular flexibility index (Phi) is 6.28. The van der Waals surface area contributed by atoms with Crippen LogP contribution in [0.2, 0.25) is 0 Å². The summed E-state index contributed by atoms with van der Waals surface area (Å²) < 4.78 is 5.00. The number of nitrogens with zero attached hydrogens (tertiary/aromatic N) is 1. The number of carbonyl (C=O) groups is 4. The molecule has 2 aliphatic rings. The summed E-state index contributed by atoms with van der Waals surface area (Å²) in [6.07, 6.45) is 3.98. The maximum Gasteiger partial charge on any atom is 0.321 e. The number of esters is 1. The van der Waals surface area contributed by atoms with Gasteiger partial charge in [0, 0.05) is 24.7 Å². The third-order valence-corrected chi connectivity index (χ3v) is 5.09. The molecule has 0 radical (unpaired) electrons. The standard InChI is InChI=1S/C20H25N3O5/c1-13-6-8-16(9-7-13)23-11-14(10-18(23)25)19(26)28-12-17(24)22-20(27)21-15-4-2-3-5-15/h6-9,14-15H,2-5,10-12H2,1H3,(H2,21,22,24,27)/t14-/m0/s1. The van der Waals surface area contributed by atoms with E-state index in [-0.39, 0.29) is 24.9 Å². The molecule has 0 unspecified atom stereocenters. The van der Waals surface area contributed by atoms with Gasteiger partial charge in [-0.15, -0.1) is 0 Å². The summed E-state index contributed by atoms with van der Waals surface area (Å²) in [4.78, 5) is 49.5. The number of benzene rings is 1. The topological polar surface area (TPSA) is 105 Å². The zero-order chi connectivity index (χ0) is 20.1. The highest BCUT2D eigenvalue weighted by molar-refractivity contribution is 6.00. The summed E-state index contributed by atoms with van der Waals surface area (Å²) in [5, 5.41) is 4.88. The zero-order valence-corrected chi connectivity index (χ0v) is 15.9. The Balaban J connectivity index is 1.43. The second-order valence-corrected chi connectivity index (χ2v) is 7.35. The fourth-order valence-corrected chi connectivity index (χ4v) is 3.55. The fraction of sp³-hybridized carbons (Fsp3) is 0.500. The normalized spacial score (nSPS) is 19.5. The molecule has 0 aromatic heterocycles. The summed E-state index contributed by atoms with van der Waals surface area (Å²) in [6.45, 7) is 1.62. The van der Waals surface area contributed by atoms with Crippen molar-refractivity contribution in [1.29, 1.82) is 0 Å². The SMILES string of the molecule is Cc1ccc(N2C[C@@H](C(=O)OCC(=O)NC(=O)NC3CCCC3)CC2=O)cc1. The molecule has 8 heteroatoms. The zero-order valence-electron chi connectivity index (χ0n) is 15.9. The van der Waals surface area contributed by atoms with Crippen LogP contribution < -0.4 is 15.5 Å². The smallest absolute Gasteiger partial charge is 0.321 e. The Morgan fingerprint density at radius 2 is 1.82 bits per heavy atom. The first-order valence-electron chi connectivity index (χ1n) is 9.56. The Hall–Kier alpha value is -2.90. The van der Waals surface area contributed by atoms with Crippen molar-refractivity contribution in [2.24, 2.45) is 5.92 Å². The molecule has 1 aromatic carbocycles. The van der Waals surface area contributed by atoms with Crippen LogP contribution in [0.3, 0.4) is 0 Å². The molecule has 1 saturated carbocycles.